The van der Waals surface area contributed by atoms with E-state index in [1.165, 1.54) is 5.01 Å². The Labute approximate surface area is 103 Å². The van der Waals surface area contributed by atoms with Crippen molar-refractivity contribution in [3.63, 3.8) is 0 Å². The molecule has 7 nitrogen and oxygen atoms in total. The Morgan fingerprint density at radius 2 is 2.17 bits per heavy atom. The fourth-order valence-corrected chi connectivity index (χ4v) is 1.81. The van der Waals surface area contributed by atoms with Crippen molar-refractivity contribution in [1.82, 2.24) is 20.0 Å². The van der Waals surface area contributed by atoms with Gasteiger partial charge in [0.2, 0.25) is 0 Å². The van der Waals surface area contributed by atoms with E-state index in [9.17, 15) is 4.79 Å². The standard InChI is InChI=1S/C11H10N6O/c1-16-9(4-6-13-16)8-7-11(18)17(15-8)10-3-2-5-12-14-10/h2-6H,7H2,1H3. The fraction of sp³-hybridized carbons (Fsp3) is 0.182. The molecule has 0 unspecified atom stereocenters. The number of rotatable bonds is 2. The van der Waals surface area contributed by atoms with Gasteiger partial charge in [0.25, 0.3) is 5.91 Å². The van der Waals surface area contributed by atoms with E-state index in [1.807, 2.05) is 13.1 Å². The summed E-state index contributed by atoms with van der Waals surface area (Å²) in [6.45, 7) is 0. The number of hydrazone groups is 1. The van der Waals surface area contributed by atoms with Gasteiger partial charge in [0, 0.05) is 19.4 Å². The van der Waals surface area contributed by atoms with Crippen molar-refractivity contribution in [2.24, 2.45) is 12.1 Å². The topological polar surface area (TPSA) is 76.3 Å². The first-order valence-electron chi connectivity index (χ1n) is 5.42. The monoisotopic (exact) mass is 242 g/mol. The largest absolute Gasteiger partial charge is 0.272 e. The first-order chi connectivity index (χ1) is 8.75. The minimum absolute atomic E-state index is 0.119. The summed E-state index contributed by atoms with van der Waals surface area (Å²) in [5.41, 5.74) is 1.51. The second-order valence-electron chi connectivity index (χ2n) is 3.85. The highest BCUT2D eigenvalue weighted by Crippen LogP contribution is 2.19. The van der Waals surface area contributed by atoms with Crippen molar-refractivity contribution >= 4 is 17.4 Å². The smallest absolute Gasteiger partial charge is 0.255 e. The maximum atomic E-state index is 11.9. The molecule has 3 heterocycles. The molecule has 7 heteroatoms. The molecule has 0 saturated heterocycles. The van der Waals surface area contributed by atoms with Crippen LogP contribution >= 0.6 is 0 Å². The van der Waals surface area contributed by atoms with Crippen molar-refractivity contribution in [3.8, 4) is 0 Å². The summed E-state index contributed by atoms with van der Waals surface area (Å²) < 4.78 is 1.69. The molecule has 2 aromatic heterocycles. The quantitative estimate of drug-likeness (QED) is 0.761. The first-order valence-corrected chi connectivity index (χ1v) is 5.42. The molecule has 2 aromatic rings. The van der Waals surface area contributed by atoms with Gasteiger partial charge in [-0.05, 0) is 18.2 Å². The normalized spacial score (nSPS) is 15.1. The molecule has 0 spiro atoms. The molecule has 18 heavy (non-hydrogen) atoms. The molecule has 0 aromatic carbocycles. The lowest BCUT2D eigenvalue weighted by Crippen LogP contribution is -2.20. The number of carbonyl (C=O) groups is 1. The van der Waals surface area contributed by atoms with Crippen LogP contribution < -0.4 is 5.01 Å². The molecular formula is C11H10N6O. The summed E-state index contributed by atoms with van der Waals surface area (Å²) in [6, 6.07) is 5.24. The minimum atomic E-state index is -0.119. The van der Waals surface area contributed by atoms with E-state index >= 15 is 0 Å². The van der Waals surface area contributed by atoms with Crippen LogP contribution in [0.1, 0.15) is 12.1 Å². The van der Waals surface area contributed by atoms with E-state index in [2.05, 4.69) is 20.4 Å². The molecule has 1 aliphatic heterocycles. The lowest BCUT2D eigenvalue weighted by molar-refractivity contribution is -0.116. The Morgan fingerprint density at radius 3 is 2.83 bits per heavy atom. The Hall–Kier alpha value is -2.57. The maximum absolute atomic E-state index is 11.9. The summed E-state index contributed by atoms with van der Waals surface area (Å²) in [6.07, 6.45) is 3.47. The van der Waals surface area contributed by atoms with Crippen LogP contribution in [0.3, 0.4) is 0 Å². The number of anilines is 1. The van der Waals surface area contributed by atoms with Crippen LogP contribution in [0.5, 0.6) is 0 Å². The van der Waals surface area contributed by atoms with Gasteiger partial charge in [0.1, 0.15) is 0 Å². The Bertz CT molecular complexity index is 617. The molecule has 1 aliphatic rings. The molecule has 3 rings (SSSR count). The van der Waals surface area contributed by atoms with Crippen molar-refractivity contribution in [1.29, 1.82) is 0 Å². The average molecular weight is 242 g/mol. The molecule has 0 saturated carbocycles. The number of carbonyl (C=O) groups excluding carboxylic acids is 1. The molecule has 0 N–H and O–H groups in total. The first kappa shape index (κ1) is 10.6. The number of hydrogen-bond donors (Lipinski definition) is 0. The number of hydrogen-bond acceptors (Lipinski definition) is 5. The SMILES string of the molecule is Cn1nccc1C1=NN(c2cccnn2)C(=O)C1. The van der Waals surface area contributed by atoms with E-state index in [0.717, 1.165) is 5.69 Å². The summed E-state index contributed by atoms with van der Waals surface area (Å²) in [7, 11) is 1.81. The van der Waals surface area contributed by atoms with Crippen molar-refractivity contribution in [2.45, 2.75) is 6.42 Å². The van der Waals surface area contributed by atoms with Crippen molar-refractivity contribution in [3.05, 3.63) is 36.3 Å². The van der Waals surface area contributed by atoms with E-state index in [4.69, 9.17) is 0 Å². The predicted octanol–water partition coefficient (Wildman–Crippen LogP) is 0.351. The van der Waals surface area contributed by atoms with Crippen LogP contribution in [0.25, 0.3) is 0 Å². The zero-order chi connectivity index (χ0) is 12.5. The highest BCUT2D eigenvalue weighted by molar-refractivity contribution is 6.18. The summed E-state index contributed by atoms with van der Waals surface area (Å²) >= 11 is 0. The van der Waals surface area contributed by atoms with Gasteiger partial charge in [0.05, 0.1) is 17.8 Å². The molecule has 0 bridgehead atoms. The van der Waals surface area contributed by atoms with Gasteiger partial charge in [-0.2, -0.15) is 20.3 Å². The number of amides is 1. The fourth-order valence-electron chi connectivity index (χ4n) is 1.81. The van der Waals surface area contributed by atoms with E-state index in [-0.39, 0.29) is 12.3 Å². The van der Waals surface area contributed by atoms with Crippen LogP contribution in [-0.2, 0) is 11.8 Å². The van der Waals surface area contributed by atoms with Gasteiger partial charge in [-0.3, -0.25) is 9.48 Å². The summed E-state index contributed by atoms with van der Waals surface area (Å²) in [5, 5.41) is 17.2. The molecule has 0 aliphatic carbocycles. The van der Waals surface area contributed by atoms with Gasteiger partial charge in [-0.15, -0.1) is 5.10 Å². The van der Waals surface area contributed by atoms with Gasteiger partial charge in [0.15, 0.2) is 5.82 Å². The maximum Gasteiger partial charge on any atom is 0.255 e. The van der Waals surface area contributed by atoms with Gasteiger partial charge >= 0.3 is 0 Å². The third-order valence-electron chi connectivity index (χ3n) is 2.67. The molecular weight excluding hydrogens is 232 g/mol. The molecule has 90 valence electrons. The van der Waals surface area contributed by atoms with E-state index in [0.29, 0.717) is 11.5 Å². The Kier molecular flexibility index (Phi) is 2.36. The average Bonchev–Trinajstić information content (AvgIpc) is 2.96. The van der Waals surface area contributed by atoms with E-state index < -0.39 is 0 Å². The van der Waals surface area contributed by atoms with Crippen LogP contribution in [0.4, 0.5) is 5.82 Å². The molecule has 0 atom stereocenters. The summed E-state index contributed by atoms with van der Waals surface area (Å²) in [4.78, 5) is 11.9. The minimum Gasteiger partial charge on any atom is -0.272 e. The number of nitrogens with zero attached hydrogens (tertiary/aromatic N) is 6. The van der Waals surface area contributed by atoms with E-state index in [1.54, 1.807) is 29.2 Å². The van der Waals surface area contributed by atoms with Crippen LogP contribution in [-0.4, -0.2) is 31.6 Å². The highest BCUT2D eigenvalue weighted by Gasteiger charge is 2.28. The van der Waals surface area contributed by atoms with Crippen LogP contribution in [0.15, 0.2) is 35.7 Å². The Morgan fingerprint density at radius 1 is 1.28 bits per heavy atom. The van der Waals surface area contributed by atoms with Crippen molar-refractivity contribution in [2.75, 3.05) is 5.01 Å². The third kappa shape index (κ3) is 1.65. The molecule has 0 radical (unpaired) electrons. The van der Waals surface area contributed by atoms with Crippen molar-refractivity contribution < 1.29 is 4.79 Å². The van der Waals surface area contributed by atoms with Gasteiger partial charge in [-0.1, -0.05) is 0 Å². The van der Waals surface area contributed by atoms with Crippen LogP contribution in [0.2, 0.25) is 0 Å². The van der Waals surface area contributed by atoms with Crippen LogP contribution in [0, 0.1) is 0 Å². The third-order valence-corrected chi connectivity index (χ3v) is 2.67. The molecule has 1 amide bonds. The lowest BCUT2D eigenvalue weighted by Gasteiger charge is -2.07. The lowest BCUT2D eigenvalue weighted by atomic mass is 10.2. The van der Waals surface area contributed by atoms with Gasteiger partial charge in [-0.25, -0.2) is 0 Å². The molecule has 0 fully saturated rings. The number of aryl methyl sites for hydroxylation is 1. The van der Waals surface area contributed by atoms with Gasteiger partial charge < -0.3 is 0 Å². The highest BCUT2D eigenvalue weighted by atomic mass is 16.2. The Balaban J connectivity index is 1.97. The number of aromatic nitrogens is 4. The zero-order valence-corrected chi connectivity index (χ0v) is 9.69. The zero-order valence-electron chi connectivity index (χ0n) is 9.69. The predicted molar refractivity (Wildman–Crippen MR) is 63.9 cm³/mol. The summed E-state index contributed by atoms with van der Waals surface area (Å²) in [5.74, 6) is 0.311. The second kappa shape index (κ2) is 4.02. The second-order valence-corrected chi connectivity index (χ2v) is 3.85.